The van der Waals surface area contributed by atoms with E-state index in [1.807, 2.05) is 0 Å². The van der Waals surface area contributed by atoms with E-state index < -0.39 is 43.1 Å². The molecule has 1 N–H and O–H groups in total. The number of esters is 1. The summed E-state index contributed by atoms with van der Waals surface area (Å²) < 4.78 is 16.6. The lowest BCUT2D eigenvalue weighted by molar-refractivity contribution is -0.150. The summed E-state index contributed by atoms with van der Waals surface area (Å²) in [7, 11) is 0.475. The molecule has 0 aromatic heterocycles. The van der Waals surface area contributed by atoms with E-state index in [1.54, 1.807) is 20.8 Å². The van der Waals surface area contributed by atoms with Crippen LogP contribution in [-0.2, 0) is 19.1 Å². The van der Waals surface area contributed by atoms with Gasteiger partial charge >= 0.3 is 18.0 Å². The number of aliphatic carboxylic acids is 1. The van der Waals surface area contributed by atoms with E-state index in [0.29, 0.717) is 4.90 Å². The Labute approximate surface area is 107 Å². The summed E-state index contributed by atoms with van der Waals surface area (Å²) in [5.74, 6) is -2.18. The van der Waals surface area contributed by atoms with Crippen molar-refractivity contribution in [2.45, 2.75) is 38.8 Å². The monoisotopic (exact) mass is 262 g/mol. The van der Waals surface area contributed by atoms with E-state index in [0.717, 1.165) is 7.11 Å². The number of carboxylic acid groups (broad SMARTS) is 1. The van der Waals surface area contributed by atoms with Gasteiger partial charge in [-0.3, -0.25) is 9.69 Å². The van der Waals surface area contributed by atoms with Crippen molar-refractivity contribution in [1.82, 2.24) is 4.90 Å². The molecule has 0 radical (unpaired) electrons. The second-order valence-electron chi connectivity index (χ2n) is 4.58. The van der Waals surface area contributed by atoms with Crippen LogP contribution in [-0.4, -0.2) is 53.8 Å². The molecule has 1 atom stereocenters. The molecule has 0 bridgehead atoms. The standard InChI is InChI=1S/C11H19NO6/c1-11(2,3)18-10(16)12(4)7(9(14)15)6-8(13)17-5/h7H,6H2,1-5H3,(H,14,15)/t7-/m0/s1/i4D. The molecular formula is C11H19NO6. The zero-order valence-electron chi connectivity index (χ0n) is 11.9. The number of rotatable bonds is 4. The second-order valence-corrected chi connectivity index (χ2v) is 4.58. The Bertz CT molecular complexity index is 352. The van der Waals surface area contributed by atoms with E-state index in [-0.39, 0.29) is 0 Å². The van der Waals surface area contributed by atoms with Gasteiger partial charge in [0.1, 0.15) is 11.6 Å². The molecule has 0 aliphatic carbocycles. The Morgan fingerprint density at radius 2 is 1.94 bits per heavy atom. The van der Waals surface area contributed by atoms with Crippen molar-refractivity contribution in [3.05, 3.63) is 0 Å². The zero-order valence-corrected chi connectivity index (χ0v) is 10.9. The molecule has 0 aromatic carbocycles. The molecule has 104 valence electrons. The molecule has 7 heteroatoms. The van der Waals surface area contributed by atoms with Gasteiger partial charge in [-0.1, -0.05) is 0 Å². The van der Waals surface area contributed by atoms with E-state index in [2.05, 4.69) is 4.74 Å². The van der Waals surface area contributed by atoms with E-state index >= 15 is 0 Å². The van der Waals surface area contributed by atoms with Gasteiger partial charge in [0.05, 0.1) is 13.5 Å². The Morgan fingerprint density at radius 1 is 1.39 bits per heavy atom. The minimum atomic E-state index is -1.49. The van der Waals surface area contributed by atoms with Crippen molar-refractivity contribution in [2.75, 3.05) is 14.1 Å². The number of ether oxygens (including phenoxy) is 2. The molecule has 0 unspecified atom stereocenters. The number of carboxylic acids is 1. The summed E-state index contributed by atoms with van der Waals surface area (Å²) in [4.78, 5) is 34.6. The van der Waals surface area contributed by atoms with Crippen LogP contribution in [0.25, 0.3) is 0 Å². The van der Waals surface area contributed by atoms with Crippen LogP contribution in [0.2, 0.25) is 0 Å². The van der Waals surface area contributed by atoms with E-state index in [9.17, 15) is 14.4 Å². The maximum Gasteiger partial charge on any atom is 0.410 e. The molecule has 0 aliphatic heterocycles. The summed E-state index contributed by atoms with van der Waals surface area (Å²) >= 11 is 0. The van der Waals surface area contributed by atoms with Crippen LogP contribution < -0.4 is 0 Å². The number of carbonyl (C=O) groups is 3. The minimum Gasteiger partial charge on any atom is -0.480 e. The molecular weight excluding hydrogens is 242 g/mol. The van der Waals surface area contributed by atoms with Gasteiger partial charge in [0.2, 0.25) is 0 Å². The minimum absolute atomic E-state index is 0.538. The Hall–Kier alpha value is -1.79. The highest BCUT2D eigenvalue weighted by Gasteiger charge is 2.32. The molecule has 0 rings (SSSR count). The van der Waals surface area contributed by atoms with Crippen molar-refractivity contribution in [3.8, 4) is 0 Å². The van der Waals surface area contributed by atoms with Gasteiger partial charge in [-0.2, -0.15) is 0 Å². The molecule has 0 aliphatic rings. The van der Waals surface area contributed by atoms with Gasteiger partial charge in [-0.15, -0.1) is 0 Å². The molecule has 0 saturated carbocycles. The zero-order chi connectivity index (χ0) is 15.2. The van der Waals surface area contributed by atoms with Crippen LogP contribution >= 0.6 is 0 Å². The summed E-state index contributed by atoms with van der Waals surface area (Å²) in [5.41, 5.74) is -0.821. The van der Waals surface area contributed by atoms with Crippen LogP contribution in [0.15, 0.2) is 0 Å². The average Bonchev–Trinajstić information content (AvgIpc) is 2.25. The van der Waals surface area contributed by atoms with E-state index in [4.69, 9.17) is 11.2 Å². The van der Waals surface area contributed by atoms with Gasteiger partial charge in [0.25, 0.3) is 0 Å². The number of hydrogen-bond donors (Lipinski definition) is 1. The third-order valence-corrected chi connectivity index (χ3v) is 1.88. The Morgan fingerprint density at radius 3 is 2.28 bits per heavy atom. The second kappa shape index (κ2) is 6.23. The summed E-state index contributed by atoms with van der Waals surface area (Å²) in [6.07, 6.45) is -1.50. The van der Waals surface area contributed by atoms with Crippen molar-refractivity contribution < 1.29 is 30.3 Å². The van der Waals surface area contributed by atoms with Crippen LogP contribution in [0, 0.1) is 0 Å². The number of carbonyl (C=O) groups excluding carboxylic acids is 2. The number of hydrogen-bond acceptors (Lipinski definition) is 5. The quantitative estimate of drug-likeness (QED) is 0.755. The molecule has 0 aromatic rings. The summed E-state index contributed by atoms with van der Waals surface area (Å²) in [6, 6.07) is -1.49. The normalized spacial score (nSPS) is 13.2. The molecule has 0 fully saturated rings. The molecule has 1 amide bonds. The predicted molar refractivity (Wildman–Crippen MR) is 62.1 cm³/mol. The molecule has 0 spiro atoms. The van der Waals surface area contributed by atoms with Crippen LogP contribution in [0.1, 0.15) is 28.6 Å². The lowest BCUT2D eigenvalue weighted by Crippen LogP contribution is -2.46. The van der Waals surface area contributed by atoms with Crippen LogP contribution in [0.4, 0.5) is 4.79 Å². The van der Waals surface area contributed by atoms with Crippen molar-refractivity contribution >= 4 is 18.0 Å². The van der Waals surface area contributed by atoms with Gasteiger partial charge in [0.15, 0.2) is 0 Å². The first-order valence-corrected chi connectivity index (χ1v) is 5.21. The first-order chi connectivity index (χ1) is 8.62. The summed E-state index contributed by atoms with van der Waals surface area (Å²) in [5, 5.41) is 9.03. The molecule has 18 heavy (non-hydrogen) atoms. The Kier molecular flexibility index (Phi) is 4.94. The van der Waals surface area contributed by atoms with Crippen LogP contribution in [0.3, 0.4) is 0 Å². The topological polar surface area (TPSA) is 93.1 Å². The maximum atomic E-state index is 11.8. The number of methoxy groups -OCH3 is 1. The fourth-order valence-electron chi connectivity index (χ4n) is 1.02. The van der Waals surface area contributed by atoms with Gasteiger partial charge < -0.3 is 14.6 Å². The van der Waals surface area contributed by atoms with Crippen molar-refractivity contribution in [1.29, 1.82) is 0 Å². The first-order valence-electron chi connectivity index (χ1n) is 5.91. The van der Waals surface area contributed by atoms with E-state index in [1.165, 1.54) is 0 Å². The largest absolute Gasteiger partial charge is 0.480 e. The van der Waals surface area contributed by atoms with Crippen LogP contribution in [0.5, 0.6) is 0 Å². The fraction of sp³-hybridized carbons (Fsp3) is 0.727. The molecule has 0 heterocycles. The smallest absolute Gasteiger partial charge is 0.410 e. The first kappa shape index (κ1) is 14.3. The highest BCUT2D eigenvalue weighted by atomic mass is 16.6. The highest BCUT2D eigenvalue weighted by Crippen LogP contribution is 2.12. The average molecular weight is 262 g/mol. The number of amides is 1. The van der Waals surface area contributed by atoms with Gasteiger partial charge in [-0.25, -0.2) is 9.59 Å². The lowest BCUT2D eigenvalue weighted by atomic mass is 10.2. The van der Waals surface area contributed by atoms with Crippen molar-refractivity contribution in [2.24, 2.45) is 0 Å². The number of likely N-dealkylation sites (N-methyl/N-ethyl adjacent to an activating group) is 1. The SMILES string of the molecule is [2H]CN(C(=O)OC(C)(C)C)[C@@H](CC(=O)OC)C(=O)O. The Balaban J connectivity index is 4.99. The molecule has 0 saturated heterocycles. The summed E-state index contributed by atoms with van der Waals surface area (Å²) in [6.45, 7) is 4.84. The number of nitrogens with zero attached hydrogens (tertiary/aromatic N) is 1. The molecule has 7 nitrogen and oxygen atoms in total. The van der Waals surface area contributed by atoms with Gasteiger partial charge in [-0.05, 0) is 20.8 Å². The van der Waals surface area contributed by atoms with Gasteiger partial charge in [0, 0.05) is 8.39 Å². The maximum absolute atomic E-state index is 11.8. The third kappa shape index (κ3) is 5.51. The fourth-order valence-corrected chi connectivity index (χ4v) is 1.02. The van der Waals surface area contributed by atoms with Crippen molar-refractivity contribution in [3.63, 3.8) is 0 Å². The predicted octanol–water partition coefficient (Wildman–Crippen LogP) is 0.870. The third-order valence-electron chi connectivity index (χ3n) is 1.88. The highest BCUT2D eigenvalue weighted by molar-refractivity contribution is 5.85. The lowest BCUT2D eigenvalue weighted by Gasteiger charge is -2.27.